The highest BCUT2D eigenvalue weighted by molar-refractivity contribution is 6.12. The Morgan fingerprint density at radius 1 is 0.914 bits per heavy atom. The molecule has 180 valence electrons. The van der Waals surface area contributed by atoms with Crippen molar-refractivity contribution in [1.29, 1.82) is 0 Å². The number of hydrogen-bond acceptors (Lipinski definition) is 6. The Balaban J connectivity index is 1.40. The van der Waals surface area contributed by atoms with Crippen LogP contribution in [0.2, 0.25) is 0 Å². The summed E-state index contributed by atoms with van der Waals surface area (Å²) in [4.78, 5) is 16.6. The fraction of sp³-hybridized carbons (Fsp3) is 0.241. The first-order chi connectivity index (χ1) is 17.1. The average molecular weight is 472 g/mol. The van der Waals surface area contributed by atoms with Gasteiger partial charge in [-0.1, -0.05) is 56.3 Å². The Labute approximate surface area is 205 Å². The van der Waals surface area contributed by atoms with Gasteiger partial charge in [0, 0.05) is 5.56 Å². The van der Waals surface area contributed by atoms with Crippen LogP contribution in [0.3, 0.4) is 0 Å². The Kier molecular flexibility index (Phi) is 7.83. The molecule has 35 heavy (non-hydrogen) atoms. The third kappa shape index (κ3) is 5.90. The van der Waals surface area contributed by atoms with Crippen LogP contribution < -0.4 is 14.2 Å². The molecule has 0 spiro atoms. The molecule has 1 aliphatic heterocycles. The average Bonchev–Trinajstić information content (AvgIpc) is 3.27. The van der Waals surface area contributed by atoms with Crippen molar-refractivity contribution in [3.8, 4) is 17.2 Å². The van der Waals surface area contributed by atoms with E-state index in [0.29, 0.717) is 36.5 Å². The van der Waals surface area contributed by atoms with Gasteiger partial charge in [-0.25, -0.2) is 9.79 Å². The van der Waals surface area contributed by atoms with Crippen LogP contribution in [0.5, 0.6) is 17.2 Å². The van der Waals surface area contributed by atoms with Crippen molar-refractivity contribution in [3.63, 3.8) is 0 Å². The SMILES string of the molecule is CC[C@H](C)c1ccccc1OCCOc1ccc(/C=C2\N=C(c3ccccc3)OC2=O)cc1OC. The molecular formula is C29H29NO5. The van der Waals surface area contributed by atoms with E-state index in [1.54, 1.807) is 25.3 Å². The molecule has 0 amide bonds. The first-order valence-electron chi connectivity index (χ1n) is 11.7. The van der Waals surface area contributed by atoms with Gasteiger partial charge in [-0.2, -0.15) is 0 Å². The summed E-state index contributed by atoms with van der Waals surface area (Å²) in [5, 5.41) is 0. The zero-order valence-electron chi connectivity index (χ0n) is 20.2. The number of rotatable bonds is 10. The number of aliphatic imine (C=N–C) groups is 1. The maximum Gasteiger partial charge on any atom is 0.363 e. The largest absolute Gasteiger partial charge is 0.493 e. The number of ether oxygens (including phenoxy) is 4. The number of cyclic esters (lactones) is 1. The number of methoxy groups -OCH3 is 1. The monoisotopic (exact) mass is 471 g/mol. The van der Waals surface area contributed by atoms with Crippen molar-refractivity contribution in [2.75, 3.05) is 20.3 Å². The minimum Gasteiger partial charge on any atom is -0.493 e. The van der Waals surface area contributed by atoms with E-state index in [1.807, 2.05) is 54.6 Å². The number of carbonyl (C=O) groups is 1. The molecule has 4 rings (SSSR count). The van der Waals surface area contributed by atoms with Gasteiger partial charge in [0.15, 0.2) is 17.2 Å². The minimum atomic E-state index is -0.488. The van der Waals surface area contributed by atoms with Gasteiger partial charge in [0.05, 0.1) is 7.11 Å². The first kappa shape index (κ1) is 24.1. The summed E-state index contributed by atoms with van der Waals surface area (Å²) < 4.78 is 22.7. The van der Waals surface area contributed by atoms with Crippen LogP contribution in [0.1, 0.15) is 42.9 Å². The van der Waals surface area contributed by atoms with Crippen LogP contribution >= 0.6 is 0 Å². The molecule has 0 saturated heterocycles. The molecule has 6 heteroatoms. The van der Waals surface area contributed by atoms with E-state index in [1.165, 1.54) is 5.56 Å². The highest BCUT2D eigenvalue weighted by Gasteiger charge is 2.24. The number of benzene rings is 3. The van der Waals surface area contributed by atoms with Gasteiger partial charge >= 0.3 is 5.97 Å². The number of esters is 1. The number of hydrogen-bond donors (Lipinski definition) is 0. The summed E-state index contributed by atoms with van der Waals surface area (Å²) in [6.07, 6.45) is 2.71. The van der Waals surface area contributed by atoms with E-state index < -0.39 is 5.97 Å². The summed E-state index contributed by atoms with van der Waals surface area (Å²) >= 11 is 0. The van der Waals surface area contributed by atoms with Crippen molar-refractivity contribution in [2.24, 2.45) is 4.99 Å². The molecule has 3 aromatic carbocycles. The summed E-state index contributed by atoms with van der Waals surface area (Å²) in [6, 6.07) is 22.9. The molecule has 0 N–H and O–H groups in total. The van der Waals surface area contributed by atoms with Crippen LogP contribution in [0, 0.1) is 0 Å². The highest BCUT2D eigenvalue weighted by Crippen LogP contribution is 2.31. The smallest absolute Gasteiger partial charge is 0.363 e. The quantitative estimate of drug-likeness (QED) is 0.206. The Bertz CT molecular complexity index is 1230. The van der Waals surface area contributed by atoms with Gasteiger partial charge in [-0.15, -0.1) is 0 Å². The van der Waals surface area contributed by atoms with E-state index in [4.69, 9.17) is 18.9 Å². The second-order valence-electron chi connectivity index (χ2n) is 8.16. The maximum absolute atomic E-state index is 12.3. The van der Waals surface area contributed by atoms with Gasteiger partial charge in [0.2, 0.25) is 5.90 Å². The molecule has 3 aromatic rings. The molecule has 1 aliphatic rings. The third-order valence-corrected chi connectivity index (χ3v) is 5.79. The standard InChI is InChI=1S/C29H29NO5/c1-4-20(2)23-12-8-9-13-25(23)33-16-17-34-26-15-14-21(19-27(26)32-3)18-24-29(31)35-28(30-24)22-10-6-5-7-11-22/h5-15,18-20H,4,16-17H2,1-3H3/b24-18-/t20-/m0/s1. The lowest BCUT2D eigenvalue weighted by Gasteiger charge is -2.16. The lowest BCUT2D eigenvalue weighted by molar-refractivity contribution is -0.129. The van der Waals surface area contributed by atoms with Crippen LogP contribution in [-0.4, -0.2) is 32.2 Å². The second kappa shape index (κ2) is 11.4. The summed E-state index contributed by atoms with van der Waals surface area (Å²) in [6.45, 7) is 5.13. The lowest BCUT2D eigenvalue weighted by atomic mass is 9.98. The Morgan fingerprint density at radius 3 is 2.37 bits per heavy atom. The first-order valence-corrected chi connectivity index (χ1v) is 11.7. The zero-order chi connectivity index (χ0) is 24.6. The third-order valence-electron chi connectivity index (χ3n) is 5.79. The van der Waals surface area contributed by atoms with Gasteiger partial charge in [-0.05, 0) is 59.9 Å². The zero-order valence-corrected chi connectivity index (χ0v) is 20.2. The van der Waals surface area contributed by atoms with Crippen LogP contribution in [0.4, 0.5) is 0 Å². The topological polar surface area (TPSA) is 66.3 Å². The van der Waals surface area contributed by atoms with Gasteiger partial charge in [0.25, 0.3) is 0 Å². The fourth-order valence-corrected chi connectivity index (χ4v) is 3.71. The van der Waals surface area contributed by atoms with Gasteiger partial charge < -0.3 is 18.9 Å². The van der Waals surface area contributed by atoms with E-state index in [-0.39, 0.29) is 5.70 Å². The minimum absolute atomic E-state index is 0.230. The van der Waals surface area contributed by atoms with Gasteiger partial charge in [0.1, 0.15) is 19.0 Å². The van der Waals surface area contributed by atoms with Crippen LogP contribution in [-0.2, 0) is 9.53 Å². The molecule has 0 radical (unpaired) electrons. The predicted molar refractivity (Wildman–Crippen MR) is 136 cm³/mol. The normalized spacial score (nSPS) is 14.9. The van der Waals surface area contributed by atoms with Crippen molar-refractivity contribution >= 4 is 17.9 Å². The van der Waals surface area contributed by atoms with Gasteiger partial charge in [-0.3, -0.25) is 0 Å². The second-order valence-corrected chi connectivity index (χ2v) is 8.16. The van der Waals surface area contributed by atoms with Crippen LogP contribution in [0.15, 0.2) is 83.5 Å². The number of nitrogens with zero attached hydrogens (tertiary/aromatic N) is 1. The summed E-state index contributed by atoms with van der Waals surface area (Å²) in [5.41, 5.74) is 2.93. The van der Waals surface area contributed by atoms with E-state index in [0.717, 1.165) is 23.3 Å². The molecular weight excluding hydrogens is 442 g/mol. The Hall–Kier alpha value is -4.06. The molecule has 0 fully saturated rings. The predicted octanol–water partition coefficient (Wildman–Crippen LogP) is 6.01. The lowest BCUT2D eigenvalue weighted by Crippen LogP contribution is -2.11. The molecule has 0 unspecified atom stereocenters. The number of carbonyl (C=O) groups excluding carboxylic acids is 1. The summed E-state index contributed by atoms with van der Waals surface area (Å²) in [7, 11) is 1.58. The van der Waals surface area contributed by atoms with Crippen molar-refractivity contribution in [1.82, 2.24) is 0 Å². The van der Waals surface area contributed by atoms with Crippen molar-refractivity contribution in [3.05, 3.63) is 95.2 Å². The van der Waals surface area contributed by atoms with Crippen LogP contribution in [0.25, 0.3) is 6.08 Å². The molecule has 0 bridgehead atoms. The molecule has 6 nitrogen and oxygen atoms in total. The van der Waals surface area contributed by atoms with Crippen molar-refractivity contribution in [2.45, 2.75) is 26.2 Å². The maximum atomic E-state index is 12.3. The van der Waals surface area contributed by atoms with E-state index in [2.05, 4.69) is 24.9 Å². The van der Waals surface area contributed by atoms with E-state index >= 15 is 0 Å². The van der Waals surface area contributed by atoms with Crippen molar-refractivity contribution < 1.29 is 23.7 Å². The van der Waals surface area contributed by atoms with E-state index in [9.17, 15) is 4.79 Å². The molecule has 0 saturated carbocycles. The molecule has 1 heterocycles. The molecule has 0 aromatic heterocycles. The number of para-hydroxylation sites is 1. The highest BCUT2D eigenvalue weighted by atomic mass is 16.6. The fourth-order valence-electron chi connectivity index (χ4n) is 3.71. The molecule has 1 atom stereocenters. The summed E-state index contributed by atoms with van der Waals surface area (Å²) in [5.74, 6) is 2.27. The molecule has 0 aliphatic carbocycles. The Morgan fingerprint density at radius 2 is 1.63 bits per heavy atom.